The second-order valence-electron chi connectivity index (χ2n) is 8.70. The highest BCUT2D eigenvalue weighted by Gasteiger charge is 2.33. The minimum atomic E-state index is -0.769. The average Bonchev–Trinajstić information content (AvgIpc) is 2.98. The Morgan fingerprint density at radius 1 is 1.21 bits per heavy atom. The summed E-state index contributed by atoms with van der Waals surface area (Å²) < 4.78 is 6.14. The molecule has 2 aliphatic heterocycles. The molecule has 5 rings (SSSR count). The molecule has 3 aliphatic rings. The Labute approximate surface area is 208 Å². The van der Waals surface area contributed by atoms with Crippen LogP contribution >= 0.6 is 27.5 Å². The van der Waals surface area contributed by atoms with Gasteiger partial charge in [-0.05, 0) is 66.8 Å². The van der Waals surface area contributed by atoms with Crippen LogP contribution in [0.15, 0.2) is 84.3 Å². The SMILES string of the molecule is OC1(c2ccc(Cl)cc2)CCN(CCC=C2C=C3C(=CC=CC3Br)Oc3ncccc32)CC1. The molecule has 0 radical (unpaired) electrons. The van der Waals surface area contributed by atoms with Crippen molar-refractivity contribution in [2.75, 3.05) is 19.6 Å². The molecule has 2 aromatic rings. The van der Waals surface area contributed by atoms with Crippen LogP contribution in [0.25, 0.3) is 5.57 Å². The maximum Gasteiger partial charge on any atom is 0.227 e. The van der Waals surface area contributed by atoms with Crippen molar-refractivity contribution in [3.05, 3.63) is 100 Å². The quantitative estimate of drug-likeness (QED) is 0.495. The molecule has 170 valence electrons. The lowest BCUT2D eigenvalue weighted by Gasteiger charge is -2.38. The molecule has 1 N–H and O–H groups in total. The largest absolute Gasteiger partial charge is 0.438 e. The molecule has 33 heavy (non-hydrogen) atoms. The number of nitrogens with zero attached hydrogens (tertiary/aromatic N) is 2. The number of pyridine rings is 1. The zero-order valence-corrected chi connectivity index (χ0v) is 20.6. The lowest BCUT2D eigenvalue weighted by molar-refractivity contribution is -0.0254. The fraction of sp³-hybridized carbons (Fsp3) is 0.296. The number of alkyl halides is 1. The van der Waals surface area contributed by atoms with E-state index in [0.29, 0.717) is 10.9 Å². The molecule has 1 aromatic carbocycles. The molecule has 3 heterocycles. The van der Waals surface area contributed by atoms with E-state index in [4.69, 9.17) is 16.3 Å². The number of allylic oxidation sites excluding steroid dienone is 6. The zero-order chi connectivity index (χ0) is 22.8. The van der Waals surface area contributed by atoms with Gasteiger partial charge in [0, 0.05) is 42.0 Å². The smallest absolute Gasteiger partial charge is 0.227 e. The first-order chi connectivity index (χ1) is 16.0. The molecular formula is C27H26BrClN2O2. The zero-order valence-electron chi connectivity index (χ0n) is 18.3. The number of aliphatic hydroxyl groups is 1. The van der Waals surface area contributed by atoms with Crippen LogP contribution < -0.4 is 4.74 Å². The number of benzene rings is 1. The summed E-state index contributed by atoms with van der Waals surface area (Å²) in [5, 5.41) is 11.8. The van der Waals surface area contributed by atoms with Gasteiger partial charge in [-0.2, -0.15) is 0 Å². The van der Waals surface area contributed by atoms with E-state index in [1.54, 1.807) is 6.20 Å². The van der Waals surface area contributed by atoms with E-state index in [2.05, 4.69) is 50.1 Å². The number of fused-ring (bicyclic) bond motifs is 2. The minimum absolute atomic E-state index is 0.114. The van der Waals surface area contributed by atoms with Gasteiger partial charge in [-0.25, -0.2) is 4.98 Å². The third kappa shape index (κ3) is 4.87. The summed E-state index contributed by atoms with van der Waals surface area (Å²) in [6, 6.07) is 11.6. The van der Waals surface area contributed by atoms with Gasteiger partial charge in [0.05, 0.1) is 10.4 Å². The van der Waals surface area contributed by atoms with Crippen LogP contribution in [0.4, 0.5) is 0 Å². The molecule has 0 bridgehead atoms. The maximum absolute atomic E-state index is 11.1. The van der Waals surface area contributed by atoms with Gasteiger partial charge in [-0.1, -0.05) is 57.9 Å². The molecule has 4 nitrogen and oxygen atoms in total. The Kier molecular flexibility index (Phi) is 6.57. The first-order valence-electron chi connectivity index (χ1n) is 11.3. The van der Waals surface area contributed by atoms with Crippen molar-refractivity contribution in [2.24, 2.45) is 0 Å². The lowest BCUT2D eigenvalue weighted by Crippen LogP contribution is -2.42. The summed E-state index contributed by atoms with van der Waals surface area (Å²) >= 11 is 9.75. The number of hydrogen-bond acceptors (Lipinski definition) is 4. The third-order valence-corrected chi connectivity index (χ3v) is 7.63. The third-order valence-electron chi connectivity index (χ3n) is 6.58. The maximum atomic E-state index is 11.1. The van der Waals surface area contributed by atoms with Gasteiger partial charge >= 0.3 is 0 Å². The Hall–Kier alpha value is -2.18. The van der Waals surface area contributed by atoms with Gasteiger partial charge in [0.15, 0.2) is 0 Å². The molecule has 1 saturated heterocycles. The summed E-state index contributed by atoms with van der Waals surface area (Å²) in [6.07, 6.45) is 14.7. The summed E-state index contributed by atoms with van der Waals surface area (Å²) in [5.74, 6) is 1.47. The summed E-state index contributed by atoms with van der Waals surface area (Å²) in [5.41, 5.74) is 3.43. The van der Waals surface area contributed by atoms with Crippen molar-refractivity contribution >= 4 is 33.1 Å². The number of ether oxygens (including phenoxy) is 1. The van der Waals surface area contributed by atoms with E-state index in [1.165, 1.54) is 0 Å². The predicted molar refractivity (Wildman–Crippen MR) is 137 cm³/mol. The number of rotatable bonds is 4. The molecule has 0 spiro atoms. The fourth-order valence-electron chi connectivity index (χ4n) is 4.63. The van der Waals surface area contributed by atoms with Gasteiger partial charge in [-0.3, -0.25) is 0 Å². The van der Waals surface area contributed by atoms with Crippen molar-refractivity contribution in [1.82, 2.24) is 9.88 Å². The van der Waals surface area contributed by atoms with E-state index < -0.39 is 5.60 Å². The van der Waals surface area contributed by atoms with Crippen LogP contribution in [0, 0.1) is 0 Å². The van der Waals surface area contributed by atoms with Crippen molar-refractivity contribution in [1.29, 1.82) is 0 Å². The molecule has 0 saturated carbocycles. The van der Waals surface area contributed by atoms with Crippen LogP contribution in [-0.4, -0.2) is 39.5 Å². The van der Waals surface area contributed by atoms with E-state index in [1.807, 2.05) is 42.5 Å². The number of aromatic nitrogens is 1. The topological polar surface area (TPSA) is 45.6 Å². The first kappa shape index (κ1) is 22.6. The average molecular weight is 526 g/mol. The van der Waals surface area contributed by atoms with Crippen molar-refractivity contribution in [3.8, 4) is 5.88 Å². The molecule has 1 unspecified atom stereocenters. The van der Waals surface area contributed by atoms with E-state index in [9.17, 15) is 5.11 Å². The fourth-order valence-corrected chi connectivity index (χ4v) is 5.29. The summed E-state index contributed by atoms with van der Waals surface area (Å²) in [6.45, 7) is 2.68. The standard InChI is InChI=1S/C27H26BrClN2O2/c28-24-6-1-7-25-23(24)18-19(22-5-2-14-30-26(22)33-25)4-3-15-31-16-12-27(32,13-17-31)20-8-10-21(29)11-9-20/h1-2,4-11,14,18,24,32H,3,12-13,15-17H2. The number of piperidine rings is 1. The molecule has 1 atom stereocenters. The predicted octanol–water partition coefficient (Wildman–Crippen LogP) is 6.03. The Bertz CT molecular complexity index is 1140. The van der Waals surface area contributed by atoms with Crippen LogP contribution in [0.5, 0.6) is 5.88 Å². The van der Waals surface area contributed by atoms with Gasteiger partial charge in [0.1, 0.15) is 5.76 Å². The Balaban J connectivity index is 1.28. The van der Waals surface area contributed by atoms with Crippen LogP contribution in [-0.2, 0) is 5.60 Å². The van der Waals surface area contributed by atoms with E-state index in [-0.39, 0.29) is 4.83 Å². The number of halogens is 2. The van der Waals surface area contributed by atoms with Crippen LogP contribution in [0.3, 0.4) is 0 Å². The molecule has 1 aromatic heterocycles. The first-order valence-corrected chi connectivity index (χ1v) is 12.6. The van der Waals surface area contributed by atoms with E-state index in [0.717, 1.165) is 66.9 Å². The van der Waals surface area contributed by atoms with Gasteiger partial charge in [0.2, 0.25) is 5.88 Å². The highest BCUT2D eigenvalue weighted by molar-refractivity contribution is 9.09. The summed E-state index contributed by atoms with van der Waals surface area (Å²) in [4.78, 5) is 7.01. The van der Waals surface area contributed by atoms with Crippen molar-refractivity contribution < 1.29 is 9.84 Å². The molecular weight excluding hydrogens is 500 g/mol. The highest BCUT2D eigenvalue weighted by atomic mass is 79.9. The monoisotopic (exact) mass is 524 g/mol. The van der Waals surface area contributed by atoms with Gasteiger partial charge < -0.3 is 14.7 Å². The molecule has 1 fully saturated rings. The van der Waals surface area contributed by atoms with Crippen LogP contribution in [0.2, 0.25) is 5.02 Å². The van der Waals surface area contributed by atoms with E-state index >= 15 is 0 Å². The minimum Gasteiger partial charge on any atom is -0.438 e. The van der Waals surface area contributed by atoms with Crippen molar-refractivity contribution in [3.63, 3.8) is 0 Å². The molecule has 0 amide bonds. The second kappa shape index (κ2) is 9.59. The highest BCUT2D eigenvalue weighted by Crippen LogP contribution is 2.38. The van der Waals surface area contributed by atoms with Gasteiger partial charge in [-0.15, -0.1) is 0 Å². The van der Waals surface area contributed by atoms with Crippen LogP contribution in [0.1, 0.15) is 30.4 Å². The lowest BCUT2D eigenvalue weighted by atomic mass is 9.84. The second-order valence-corrected chi connectivity index (χ2v) is 10.1. The molecule has 1 aliphatic carbocycles. The molecule has 6 heteroatoms. The normalized spacial score (nSPS) is 23.1. The number of likely N-dealkylation sites (tertiary alicyclic amines) is 1. The Morgan fingerprint density at radius 2 is 2.00 bits per heavy atom. The summed E-state index contributed by atoms with van der Waals surface area (Å²) in [7, 11) is 0. The van der Waals surface area contributed by atoms with Gasteiger partial charge in [0.25, 0.3) is 0 Å². The Morgan fingerprint density at radius 3 is 2.79 bits per heavy atom. The van der Waals surface area contributed by atoms with Crippen molar-refractivity contribution in [2.45, 2.75) is 29.7 Å². The number of hydrogen-bond donors (Lipinski definition) is 1.